The smallest absolute Gasteiger partial charge is 0.428 e. The SMILES string of the molecule is COC(=O)N(c1ccc(OC)cc1)S(=O)(=O)c1ccccc1. The molecule has 0 aromatic heterocycles. The second-order valence-corrected chi connectivity index (χ2v) is 6.04. The van der Waals surface area contributed by atoms with Gasteiger partial charge in [-0.15, -0.1) is 0 Å². The van der Waals surface area contributed by atoms with Crippen LogP contribution in [0.1, 0.15) is 0 Å². The van der Waals surface area contributed by atoms with Crippen molar-refractivity contribution < 1.29 is 22.7 Å². The fraction of sp³-hybridized carbons (Fsp3) is 0.133. The van der Waals surface area contributed by atoms with E-state index in [0.717, 1.165) is 7.11 Å². The number of rotatable bonds is 4. The predicted octanol–water partition coefficient (Wildman–Crippen LogP) is 2.66. The molecule has 1 amide bonds. The first kappa shape index (κ1) is 15.8. The van der Waals surface area contributed by atoms with Gasteiger partial charge >= 0.3 is 6.09 Å². The second kappa shape index (κ2) is 6.48. The maximum absolute atomic E-state index is 12.7. The predicted molar refractivity (Wildman–Crippen MR) is 81.5 cm³/mol. The van der Waals surface area contributed by atoms with Crippen molar-refractivity contribution in [3.63, 3.8) is 0 Å². The molecule has 0 aliphatic heterocycles. The first-order chi connectivity index (χ1) is 10.5. The molecule has 0 bridgehead atoms. The Kier molecular flexibility index (Phi) is 4.67. The van der Waals surface area contributed by atoms with Crippen molar-refractivity contribution in [1.82, 2.24) is 0 Å². The molecule has 7 heteroatoms. The first-order valence-corrected chi connectivity index (χ1v) is 7.77. The Morgan fingerprint density at radius 2 is 1.55 bits per heavy atom. The van der Waals surface area contributed by atoms with E-state index in [0.29, 0.717) is 10.1 Å². The topological polar surface area (TPSA) is 72.9 Å². The van der Waals surface area contributed by atoms with Crippen LogP contribution in [-0.2, 0) is 14.8 Å². The van der Waals surface area contributed by atoms with Crippen molar-refractivity contribution in [2.45, 2.75) is 4.90 Å². The summed E-state index contributed by atoms with van der Waals surface area (Å²) in [5, 5.41) is 0. The third kappa shape index (κ3) is 3.04. The number of hydrogen-bond acceptors (Lipinski definition) is 5. The van der Waals surface area contributed by atoms with Crippen molar-refractivity contribution in [2.24, 2.45) is 0 Å². The van der Waals surface area contributed by atoms with E-state index < -0.39 is 16.1 Å². The number of amides is 1. The number of nitrogens with zero attached hydrogens (tertiary/aromatic N) is 1. The molecule has 0 unspecified atom stereocenters. The molecular formula is C15H15NO5S. The molecule has 0 saturated carbocycles. The highest BCUT2D eigenvalue weighted by Gasteiger charge is 2.31. The number of benzene rings is 2. The zero-order valence-corrected chi connectivity index (χ0v) is 12.9. The normalized spacial score (nSPS) is 10.8. The molecule has 0 aliphatic carbocycles. The Balaban J connectivity index is 2.53. The zero-order valence-electron chi connectivity index (χ0n) is 12.1. The minimum atomic E-state index is -4.07. The lowest BCUT2D eigenvalue weighted by Gasteiger charge is -2.21. The van der Waals surface area contributed by atoms with Crippen LogP contribution in [0.3, 0.4) is 0 Å². The molecule has 0 spiro atoms. The van der Waals surface area contributed by atoms with Crippen molar-refractivity contribution >= 4 is 21.8 Å². The van der Waals surface area contributed by atoms with Crippen molar-refractivity contribution in [2.75, 3.05) is 18.5 Å². The molecule has 0 radical (unpaired) electrons. The van der Waals surface area contributed by atoms with Crippen molar-refractivity contribution in [1.29, 1.82) is 0 Å². The Morgan fingerprint density at radius 3 is 2.05 bits per heavy atom. The lowest BCUT2D eigenvalue weighted by molar-refractivity contribution is 0.183. The van der Waals surface area contributed by atoms with Gasteiger partial charge in [0.15, 0.2) is 0 Å². The van der Waals surface area contributed by atoms with E-state index in [1.54, 1.807) is 30.3 Å². The molecule has 6 nitrogen and oxygen atoms in total. The van der Waals surface area contributed by atoms with Gasteiger partial charge in [0.05, 0.1) is 24.8 Å². The van der Waals surface area contributed by atoms with Crippen LogP contribution < -0.4 is 9.04 Å². The molecule has 0 aliphatic rings. The molecule has 116 valence electrons. The van der Waals surface area contributed by atoms with Gasteiger partial charge < -0.3 is 9.47 Å². The van der Waals surface area contributed by atoms with Gasteiger partial charge in [-0.25, -0.2) is 13.2 Å². The third-order valence-electron chi connectivity index (χ3n) is 2.93. The lowest BCUT2D eigenvalue weighted by atomic mass is 10.3. The van der Waals surface area contributed by atoms with Crippen LogP contribution in [0.2, 0.25) is 0 Å². The second-order valence-electron chi connectivity index (χ2n) is 4.25. The quantitative estimate of drug-likeness (QED) is 0.865. The van der Waals surface area contributed by atoms with Crippen LogP contribution in [0.4, 0.5) is 10.5 Å². The highest BCUT2D eigenvalue weighted by molar-refractivity contribution is 7.93. The van der Waals surface area contributed by atoms with Gasteiger partial charge in [-0.3, -0.25) is 0 Å². The number of sulfonamides is 1. The van der Waals surface area contributed by atoms with Gasteiger partial charge in [0.1, 0.15) is 5.75 Å². The van der Waals surface area contributed by atoms with Crippen molar-refractivity contribution in [3.8, 4) is 5.75 Å². The lowest BCUT2D eigenvalue weighted by Crippen LogP contribution is -2.36. The van der Waals surface area contributed by atoms with Gasteiger partial charge in [-0.2, -0.15) is 4.31 Å². The minimum absolute atomic E-state index is 0.00350. The number of hydrogen-bond donors (Lipinski definition) is 0. The maximum atomic E-state index is 12.7. The van der Waals surface area contributed by atoms with Crippen LogP contribution in [-0.4, -0.2) is 28.7 Å². The molecule has 2 aromatic carbocycles. The van der Waals surface area contributed by atoms with E-state index in [2.05, 4.69) is 4.74 Å². The summed E-state index contributed by atoms with van der Waals surface area (Å²) in [7, 11) is -1.45. The molecule has 0 fully saturated rings. The van der Waals surface area contributed by atoms with Crippen LogP contribution in [0.15, 0.2) is 59.5 Å². The summed E-state index contributed by atoms with van der Waals surface area (Å²) in [5.41, 5.74) is 0.163. The largest absolute Gasteiger partial charge is 0.497 e. The van der Waals surface area contributed by atoms with E-state index >= 15 is 0 Å². The van der Waals surface area contributed by atoms with Gasteiger partial charge in [0.25, 0.3) is 10.0 Å². The maximum Gasteiger partial charge on any atom is 0.428 e. The fourth-order valence-corrected chi connectivity index (χ4v) is 3.22. The van der Waals surface area contributed by atoms with Crippen LogP contribution in [0, 0.1) is 0 Å². The van der Waals surface area contributed by atoms with Crippen molar-refractivity contribution in [3.05, 3.63) is 54.6 Å². The summed E-state index contributed by atoms with van der Waals surface area (Å²) < 4.78 is 35.6. The van der Waals surface area contributed by atoms with Gasteiger partial charge in [0.2, 0.25) is 0 Å². The molecule has 0 heterocycles. The Bertz CT molecular complexity index is 741. The number of carbonyl (C=O) groups excluding carboxylic acids is 1. The van der Waals surface area contributed by atoms with E-state index in [4.69, 9.17) is 4.74 Å². The highest BCUT2D eigenvalue weighted by Crippen LogP contribution is 2.26. The van der Waals surface area contributed by atoms with E-state index in [9.17, 15) is 13.2 Å². The Labute approximate surface area is 128 Å². The number of carbonyl (C=O) groups is 1. The number of methoxy groups -OCH3 is 2. The summed E-state index contributed by atoms with van der Waals surface area (Å²) >= 11 is 0. The Hall–Kier alpha value is -2.54. The molecule has 22 heavy (non-hydrogen) atoms. The van der Waals surface area contributed by atoms with E-state index in [1.165, 1.54) is 31.4 Å². The highest BCUT2D eigenvalue weighted by atomic mass is 32.2. The first-order valence-electron chi connectivity index (χ1n) is 6.33. The number of anilines is 1. The molecule has 0 atom stereocenters. The third-order valence-corrected chi connectivity index (χ3v) is 4.64. The number of ether oxygens (including phenoxy) is 2. The monoisotopic (exact) mass is 321 g/mol. The molecule has 0 saturated heterocycles. The molecular weight excluding hydrogens is 306 g/mol. The average Bonchev–Trinajstić information content (AvgIpc) is 2.56. The zero-order chi connectivity index (χ0) is 16.2. The van der Waals surface area contributed by atoms with Gasteiger partial charge in [-0.05, 0) is 36.4 Å². The fourth-order valence-electron chi connectivity index (χ4n) is 1.84. The average molecular weight is 321 g/mol. The molecule has 2 aromatic rings. The summed E-state index contributed by atoms with van der Waals surface area (Å²) in [6, 6.07) is 13.7. The van der Waals surface area contributed by atoms with Gasteiger partial charge in [0, 0.05) is 0 Å². The van der Waals surface area contributed by atoms with E-state index in [1.807, 2.05) is 0 Å². The minimum Gasteiger partial charge on any atom is -0.497 e. The van der Waals surface area contributed by atoms with Gasteiger partial charge in [-0.1, -0.05) is 18.2 Å². The van der Waals surface area contributed by atoms with Crippen LogP contribution in [0.5, 0.6) is 5.75 Å². The standard InChI is InChI=1S/C15H15NO5S/c1-20-13-10-8-12(9-11-13)16(15(17)21-2)22(18,19)14-6-4-3-5-7-14/h3-11H,1-2H3. The Morgan fingerprint density at radius 1 is 0.955 bits per heavy atom. The van der Waals surface area contributed by atoms with Crippen LogP contribution in [0.25, 0.3) is 0 Å². The summed E-state index contributed by atoms with van der Waals surface area (Å²) in [6.07, 6.45) is -0.992. The summed E-state index contributed by atoms with van der Waals surface area (Å²) in [6.45, 7) is 0. The summed E-state index contributed by atoms with van der Waals surface area (Å²) in [4.78, 5) is 12.0. The van der Waals surface area contributed by atoms with Crippen LogP contribution >= 0.6 is 0 Å². The molecule has 0 N–H and O–H groups in total. The molecule has 2 rings (SSSR count). The summed E-state index contributed by atoms with van der Waals surface area (Å²) in [5.74, 6) is 0.547. The van der Waals surface area contributed by atoms with E-state index in [-0.39, 0.29) is 10.6 Å².